The Hall–Kier alpha value is -0.160. The van der Waals surface area contributed by atoms with E-state index in [0.717, 1.165) is 80.4 Å². The van der Waals surface area contributed by atoms with Crippen LogP contribution in [-0.2, 0) is 18.9 Å². The molecule has 0 amide bonds. The Bertz CT molecular complexity index is 587. The highest BCUT2D eigenvalue weighted by Gasteiger charge is 2.65. The van der Waals surface area contributed by atoms with E-state index in [1.54, 1.807) is 6.42 Å². The lowest BCUT2D eigenvalue weighted by atomic mass is 9.71. The van der Waals surface area contributed by atoms with Gasteiger partial charge in [0.1, 0.15) is 6.10 Å². The van der Waals surface area contributed by atoms with Gasteiger partial charge in [0, 0.05) is 5.92 Å². The SMILES string of the molecule is C1OCC1COC1CC2CC1C1C2CC2C3CC(OCC4CO4)CC(C3)C21. The third-order valence-corrected chi connectivity index (χ3v) is 9.72. The van der Waals surface area contributed by atoms with Crippen molar-refractivity contribution in [1.82, 2.24) is 0 Å². The number of hydrogen-bond donors (Lipinski definition) is 0. The van der Waals surface area contributed by atoms with Crippen molar-refractivity contribution in [2.75, 3.05) is 33.0 Å². The van der Waals surface area contributed by atoms with Crippen molar-refractivity contribution >= 4 is 0 Å². The van der Waals surface area contributed by atoms with Crippen molar-refractivity contribution in [2.45, 2.75) is 56.8 Å². The van der Waals surface area contributed by atoms with E-state index in [2.05, 4.69) is 0 Å². The zero-order valence-electron chi connectivity index (χ0n) is 16.3. The molecule has 0 spiro atoms. The molecule has 5 aliphatic carbocycles. The minimum atomic E-state index is 0.415. The van der Waals surface area contributed by atoms with Gasteiger partial charge in [0.2, 0.25) is 0 Å². The lowest BCUT2D eigenvalue weighted by Gasteiger charge is -2.38. The second-order valence-corrected chi connectivity index (χ2v) is 11.0. The Balaban J connectivity index is 1.04. The fraction of sp³-hybridized carbons (Fsp3) is 1.00. The first kappa shape index (κ1) is 16.6. The molecule has 2 heterocycles. The molecule has 150 valence electrons. The first-order valence-electron chi connectivity index (χ1n) is 11.8. The topological polar surface area (TPSA) is 40.2 Å². The molecule has 2 saturated heterocycles. The number of rotatable bonds is 6. The minimum absolute atomic E-state index is 0.415. The molecule has 4 nitrogen and oxygen atoms in total. The van der Waals surface area contributed by atoms with E-state index >= 15 is 0 Å². The second-order valence-electron chi connectivity index (χ2n) is 11.0. The van der Waals surface area contributed by atoms with Crippen LogP contribution in [0.15, 0.2) is 0 Å². The predicted octanol–water partition coefficient (Wildman–Crippen LogP) is 3.14. The summed E-state index contributed by atoms with van der Waals surface area (Å²) >= 11 is 0. The summed E-state index contributed by atoms with van der Waals surface area (Å²) in [6.45, 7) is 4.57. The fourth-order valence-corrected chi connectivity index (χ4v) is 8.70. The van der Waals surface area contributed by atoms with Gasteiger partial charge in [-0.2, -0.15) is 0 Å². The lowest BCUT2D eigenvalue weighted by Crippen LogP contribution is -2.39. The van der Waals surface area contributed by atoms with Gasteiger partial charge in [0.05, 0.1) is 45.2 Å². The van der Waals surface area contributed by atoms with Crippen molar-refractivity contribution < 1.29 is 18.9 Å². The van der Waals surface area contributed by atoms with Crippen LogP contribution >= 0.6 is 0 Å². The molecule has 0 aromatic heterocycles. The van der Waals surface area contributed by atoms with Crippen molar-refractivity contribution in [2.24, 2.45) is 53.3 Å². The zero-order valence-corrected chi connectivity index (χ0v) is 16.3. The van der Waals surface area contributed by atoms with E-state index < -0.39 is 0 Å². The molecule has 4 bridgehead atoms. The maximum absolute atomic E-state index is 6.48. The summed E-state index contributed by atoms with van der Waals surface area (Å²) in [5.74, 6) is 8.46. The Kier molecular flexibility index (Phi) is 3.80. The normalized spacial score (nSPS) is 57.6. The summed E-state index contributed by atoms with van der Waals surface area (Å²) in [6.07, 6.45) is 10.0. The van der Waals surface area contributed by atoms with Crippen molar-refractivity contribution in [3.8, 4) is 0 Å². The standard InChI is InChI=1S/C23H34O4/c1-13-2-16(25-10-17-11-26-17)3-15(1)22-18(13)6-19-14-4-20(23(19)22)21(5-14)27-9-12-7-24-8-12/h12-23H,1-11H2. The largest absolute Gasteiger partial charge is 0.381 e. The lowest BCUT2D eigenvalue weighted by molar-refractivity contribution is -0.105. The van der Waals surface area contributed by atoms with Gasteiger partial charge in [-0.25, -0.2) is 0 Å². The average molecular weight is 375 g/mol. The Morgan fingerprint density at radius 1 is 0.667 bits per heavy atom. The van der Waals surface area contributed by atoms with Crippen LogP contribution in [0.4, 0.5) is 0 Å². The molecular weight excluding hydrogens is 340 g/mol. The summed E-state index contributed by atoms with van der Waals surface area (Å²) in [4.78, 5) is 0. The molecule has 0 radical (unpaired) electrons. The van der Waals surface area contributed by atoms with Crippen LogP contribution in [0.2, 0.25) is 0 Å². The molecule has 11 atom stereocenters. The molecular formula is C23H34O4. The summed E-state index contributed by atoms with van der Waals surface area (Å²) in [5, 5.41) is 0. The molecule has 11 unspecified atom stereocenters. The first-order valence-corrected chi connectivity index (χ1v) is 11.8. The average Bonchev–Trinajstić information content (AvgIpc) is 2.99. The van der Waals surface area contributed by atoms with Crippen LogP contribution in [-0.4, -0.2) is 51.3 Å². The predicted molar refractivity (Wildman–Crippen MR) is 99.2 cm³/mol. The maximum Gasteiger partial charge on any atom is 0.104 e. The molecule has 0 aromatic carbocycles. The smallest absolute Gasteiger partial charge is 0.104 e. The highest BCUT2D eigenvalue weighted by molar-refractivity contribution is 5.14. The Morgan fingerprint density at radius 2 is 1.48 bits per heavy atom. The van der Waals surface area contributed by atoms with Crippen LogP contribution in [0, 0.1) is 53.3 Å². The van der Waals surface area contributed by atoms with Crippen molar-refractivity contribution in [1.29, 1.82) is 0 Å². The first-order chi connectivity index (χ1) is 13.3. The van der Waals surface area contributed by atoms with Crippen LogP contribution in [0.5, 0.6) is 0 Å². The molecule has 27 heavy (non-hydrogen) atoms. The second kappa shape index (κ2) is 6.17. The van der Waals surface area contributed by atoms with E-state index in [4.69, 9.17) is 18.9 Å². The number of ether oxygens (including phenoxy) is 4. The Morgan fingerprint density at radius 3 is 2.30 bits per heavy atom. The molecule has 7 rings (SSSR count). The van der Waals surface area contributed by atoms with Crippen molar-refractivity contribution in [3.05, 3.63) is 0 Å². The highest BCUT2D eigenvalue weighted by Crippen LogP contribution is 2.70. The van der Waals surface area contributed by atoms with Gasteiger partial charge in [-0.15, -0.1) is 0 Å². The van der Waals surface area contributed by atoms with Gasteiger partial charge in [0.15, 0.2) is 0 Å². The van der Waals surface area contributed by atoms with Gasteiger partial charge in [-0.1, -0.05) is 0 Å². The highest BCUT2D eigenvalue weighted by atomic mass is 16.6. The van der Waals surface area contributed by atoms with E-state index in [-0.39, 0.29) is 0 Å². The van der Waals surface area contributed by atoms with Gasteiger partial charge in [-0.3, -0.25) is 0 Å². The quantitative estimate of drug-likeness (QED) is 0.670. The summed E-state index contributed by atoms with van der Waals surface area (Å²) in [7, 11) is 0. The van der Waals surface area contributed by atoms with E-state index in [0.29, 0.717) is 24.2 Å². The summed E-state index contributed by atoms with van der Waals surface area (Å²) in [5.41, 5.74) is 0. The summed E-state index contributed by atoms with van der Waals surface area (Å²) in [6, 6.07) is 0. The number of hydrogen-bond acceptors (Lipinski definition) is 4. The maximum atomic E-state index is 6.48. The molecule has 0 N–H and O–H groups in total. The number of fused-ring (bicyclic) bond motifs is 11. The van der Waals surface area contributed by atoms with E-state index in [1.807, 2.05) is 0 Å². The summed E-state index contributed by atoms with van der Waals surface area (Å²) < 4.78 is 23.4. The monoisotopic (exact) mass is 374 g/mol. The third kappa shape index (κ3) is 2.62. The molecule has 4 heteroatoms. The number of epoxide rings is 1. The molecule has 2 aliphatic heterocycles. The van der Waals surface area contributed by atoms with Crippen LogP contribution in [0.25, 0.3) is 0 Å². The molecule has 0 aromatic rings. The van der Waals surface area contributed by atoms with Crippen LogP contribution < -0.4 is 0 Å². The van der Waals surface area contributed by atoms with Gasteiger partial charge >= 0.3 is 0 Å². The fourth-order valence-electron chi connectivity index (χ4n) is 8.70. The Labute approximate surface area is 162 Å². The molecule has 7 fully saturated rings. The minimum Gasteiger partial charge on any atom is -0.381 e. The van der Waals surface area contributed by atoms with E-state index in [9.17, 15) is 0 Å². The molecule has 5 saturated carbocycles. The van der Waals surface area contributed by atoms with Gasteiger partial charge < -0.3 is 18.9 Å². The zero-order chi connectivity index (χ0) is 17.5. The van der Waals surface area contributed by atoms with E-state index in [1.165, 1.54) is 32.1 Å². The van der Waals surface area contributed by atoms with Crippen molar-refractivity contribution in [3.63, 3.8) is 0 Å². The molecule has 7 aliphatic rings. The van der Waals surface area contributed by atoms with Gasteiger partial charge in [-0.05, 0) is 85.9 Å². The van der Waals surface area contributed by atoms with Crippen LogP contribution in [0.3, 0.4) is 0 Å². The van der Waals surface area contributed by atoms with Crippen LogP contribution in [0.1, 0.15) is 38.5 Å². The van der Waals surface area contributed by atoms with Gasteiger partial charge in [0.25, 0.3) is 0 Å². The third-order valence-electron chi connectivity index (χ3n) is 9.72.